The summed E-state index contributed by atoms with van der Waals surface area (Å²) in [6, 6.07) is 4.91. The second kappa shape index (κ2) is 17.6. The Kier molecular flexibility index (Phi) is 14.9. The zero-order chi connectivity index (χ0) is 30.2. The number of aliphatic imine (C=N–C) groups is 1. The number of amides is 4. The molecule has 0 spiro atoms. The maximum atomic E-state index is 13.1. The largest absolute Gasteiger partial charge is 0.394 e. The van der Waals surface area contributed by atoms with Gasteiger partial charge in [-0.2, -0.15) is 0 Å². The lowest BCUT2D eigenvalue weighted by Crippen LogP contribution is -2.59. The van der Waals surface area contributed by atoms with Crippen molar-refractivity contribution >= 4 is 35.4 Å². The highest BCUT2D eigenvalue weighted by Crippen LogP contribution is 2.08. The molecule has 40 heavy (non-hydrogen) atoms. The molecule has 0 aliphatic heterocycles. The van der Waals surface area contributed by atoms with Crippen LogP contribution in [-0.4, -0.2) is 77.8 Å². The van der Waals surface area contributed by atoms with Crippen LogP contribution in [-0.2, 0) is 30.4 Å². The van der Waals surface area contributed by atoms with Crippen LogP contribution in [0.15, 0.2) is 35.3 Å². The summed E-state index contributed by atoms with van der Waals surface area (Å²) in [7, 11) is 0. The summed E-state index contributed by atoms with van der Waals surface area (Å²) in [6.45, 7) is 5.86. The van der Waals surface area contributed by atoms with Gasteiger partial charge in [-0.25, -0.2) is 0 Å². The van der Waals surface area contributed by atoms with E-state index in [0.29, 0.717) is 6.42 Å². The van der Waals surface area contributed by atoms with Gasteiger partial charge in [0, 0.05) is 19.9 Å². The summed E-state index contributed by atoms with van der Waals surface area (Å²) in [4.78, 5) is 67.1. The van der Waals surface area contributed by atoms with Crippen molar-refractivity contribution in [3.05, 3.63) is 35.9 Å². The lowest BCUT2D eigenvalue weighted by atomic mass is 10.00. The van der Waals surface area contributed by atoms with E-state index in [2.05, 4.69) is 26.3 Å². The van der Waals surface area contributed by atoms with Gasteiger partial charge in [0.25, 0.3) is 0 Å². The number of nitrogens with two attached hydrogens (primary N) is 2. The number of aliphatic hydroxyl groups excluding tert-OH is 1. The minimum atomic E-state index is -1.36. The summed E-state index contributed by atoms with van der Waals surface area (Å²) >= 11 is 0. The fourth-order valence-corrected chi connectivity index (χ4v) is 3.88. The number of carbonyl (C=O) groups excluding carboxylic acids is 5. The Labute approximate surface area is 234 Å². The Morgan fingerprint density at radius 1 is 0.875 bits per heavy atom. The average Bonchev–Trinajstić information content (AvgIpc) is 2.90. The monoisotopic (exact) mass is 561 g/mol. The molecule has 0 saturated carbocycles. The number of rotatable bonds is 17. The fourth-order valence-electron chi connectivity index (χ4n) is 3.88. The number of carbonyl (C=O) groups is 5. The molecular weight excluding hydrogens is 518 g/mol. The molecule has 9 N–H and O–H groups in total. The first-order valence-electron chi connectivity index (χ1n) is 13.3. The number of hydrogen-bond donors (Lipinski definition) is 7. The van der Waals surface area contributed by atoms with Crippen molar-refractivity contribution < 1.29 is 29.1 Å². The first-order valence-corrected chi connectivity index (χ1v) is 13.3. The molecule has 1 rings (SSSR count). The Morgan fingerprint density at radius 3 is 2.00 bits per heavy atom. The topological polar surface area (TPSA) is 218 Å². The standard InChI is InChI=1S/C27H43N7O6/c1-5-22(37)20(14-18-10-7-6-8-11-18)32-25(39)21(15-35)33-26(40)23(16(2)3)34-24(38)19(31-17(4)36)12-9-13-30-27(28)29/h6-8,10-11,16,19-21,23,35H,5,9,12-15H2,1-4H3,(H,31,36)(H,32,39)(H,33,40)(H,34,38)(H4,28,29,30)/t19-,20-,21-,23-/m0/s1. The zero-order valence-electron chi connectivity index (χ0n) is 23.6. The molecule has 4 atom stereocenters. The van der Waals surface area contributed by atoms with E-state index in [1.807, 2.05) is 30.3 Å². The van der Waals surface area contributed by atoms with Gasteiger partial charge in [-0.15, -0.1) is 0 Å². The number of benzene rings is 1. The molecule has 0 aliphatic carbocycles. The van der Waals surface area contributed by atoms with Gasteiger partial charge in [-0.1, -0.05) is 51.1 Å². The molecule has 0 aliphatic rings. The Balaban J connectivity index is 2.93. The maximum Gasteiger partial charge on any atom is 0.245 e. The average molecular weight is 562 g/mol. The van der Waals surface area contributed by atoms with E-state index in [1.54, 1.807) is 20.8 Å². The lowest BCUT2D eigenvalue weighted by Gasteiger charge is -2.27. The van der Waals surface area contributed by atoms with Crippen molar-refractivity contribution in [2.75, 3.05) is 13.2 Å². The molecular formula is C27H43N7O6. The smallest absolute Gasteiger partial charge is 0.245 e. The number of nitrogens with one attached hydrogen (secondary N) is 4. The van der Waals surface area contributed by atoms with Gasteiger partial charge in [0.1, 0.15) is 18.1 Å². The lowest BCUT2D eigenvalue weighted by molar-refractivity contribution is -0.135. The van der Waals surface area contributed by atoms with Crippen LogP contribution in [0.5, 0.6) is 0 Å². The zero-order valence-corrected chi connectivity index (χ0v) is 23.6. The predicted molar refractivity (Wildman–Crippen MR) is 151 cm³/mol. The predicted octanol–water partition coefficient (Wildman–Crippen LogP) is -1.13. The number of nitrogens with zero attached hydrogens (tertiary/aromatic N) is 1. The van der Waals surface area contributed by atoms with Gasteiger partial charge in [0.05, 0.1) is 12.6 Å². The van der Waals surface area contributed by atoms with E-state index in [-0.39, 0.29) is 37.6 Å². The van der Waals surface area contributed by atoms with Crippen molar-refractivity contribution in [2.24, 2.45) is 22.4 Å². The molecule has 4 amide bonds. The van der Waals surface area contributed by atoms with Crippen molar-refractivity contribution in [1.82, 2.24) is 21.3 Å². The highest BCUT2D eigenvalue weighted by Gasteiger charge is 2.32. The van der Waals surface area contributed by atoms with Gasteiger partial charge in [0.2, 0.25) is 23.6 Å². The van der Waals surface area contributed by atoms with E-state index in [0.717, 1.165) is 5.56 Å². The van der Waals surface area contributed by atoms with Gasteiger partial charge in [0.15, 0.2) is 11.7 Å². The first kappa shape index (κ1) is 34.0. The fraction of sp³-hybridized carbons (Fsp3) is 0.556. The molecule has 0 aromatic heterocycles. The van der Waals surface area contributed by atoms with Crippen LogP contribution in [0.3, 0.4) is 0 Å². The van der Waals surface area contributed by atoms with Gasteiger partial charge in [-0.05, 0) is 30.7 Å². The number of hydrogen-bond acceptors (Lipinski definition) is 7. The SMILES string of the molecule is CCC(=O)[C@H](Cc1ccccc1)NC(=O)[C@H](CO)NC(=O)[C@@H](NC(=O)[C@H](CCCN=C(N)N)NC(C)=O)C(C)C. The van der Waals surface area contributed by atoms with Crippen molar-refractivity contribution in [3.8, 4) is 0 Å². The van der Waals surface area contributed by atoms with Crippen LogP contribution < -0.4 is 32.7 Å². The third-order valence-corrected chi connectivity index (χ3v) is 6.04. The number of Topliss-reactive ketones (excluding diaryl/α,β-unsaturated/α-hetero) is 1. The Morgan fingerprint density at radius 2 is 1.48 bits per heavy atom. The summed E-state index contributed by atoms with van der Waals surface area (Å²) < 4.78 is 0. The maximum absolute atomic E-state index is 13.1. The molecule has 0 heterocycles. The molecule has 13 nitrogen and oxygen atoms in total. The van der Waals surface area contributed by atoms with Crippen LogP contribution in [0, 0.1) is 5.92 Å². The van der Waals surface area contributed by atoms with Crippen LogP contribution in [0.4, 0.5) is 0 Å². The summed E-state index contributed by atoms with van der Waals surface area (Å²) in [5.74, 6) is -3.17. The number of ketones is 1. The molecule has 0 unspecified atom stereocenters. The quantitative estimate of drug-likeness (QED) is 0.0699. The van der Waals surface area contributed by atoms with Gasteiger partial charge >= 0.3 is 0 Å². The van der Waals surface area contributed by atoms with Crippen LogP contribution in [0.1, 0.15) is 52.5 Å². The van der Waals surface area contributed by atoms with Crippen molar-refractivity contribution in [2.45, 2.75) is 77.5 Å². The van der Waals surface area contributed by atoms with Crippen molar-refractivity contribution in [3.63, 3.8) is 0 Å². The Hall–Kier alpha value is -4.00. The number of guanidine groups is 1. The third kappa shape index (κ3) is 12.2. The highest BCUT2D eigenvalue weighted by atomic mass is 16.3. The molecule has 1 aromatic rings. The summed E-state index contributed by atoms with van der Waals surface area (Å²) in [5.41, 5.74) is 11.5. The van der Waals surface area contributed by atoms with E-state index >= 15 is 0 Å². The number of aliphatic hydroxyl groups is 1. The summed E-state index contributed by atoms with van der Waals surface area (Å²) in [6.07, 6.45) is 1.05. The first-order chi connectivity index (χ1) is 18.9. The molecule has 222 valence electrons. The van der Waals surface area contributed by atoms with Crippen LogP contribution >= 0.6 is 0 Å². The van der Waals surface area contributed by atoms with Crippen LogP contribution in [0.2, 0.25) is 0 Å². The van der Waals surface area contributed by atoms with Crippen molar-refractivity contribution in [1.29, 1.82) is 0 Å². The molecule has 0 fully saturated rings. The van der Waals surface area contributed by atoms with Crippen LogP contribution in [0.25, 0.3) is 0 Å². The minimum absolute atomic E-state index is 0.0926. The second-order valence-electron chi connectivity index (χ2n) is 9.75. The molecule has 1 aromatic carbocycles. The second-order valence-corrected chi connectivity index (χ2v) is 9.75. The Bertz CT molecular complexity index is 1030. The highest BCUT2D eigenvalue weighted by molar-refractivity contribution is 5.95. The molecule has 0 saturated heterocycles. The minimum Gasteiger partial charge on any atom is -0.394 e. The van der Waals surface area contributed by atoms with Gasteiger partial charge in [-0.3, -0.25) is 29.0 Å². The molecule has 0 bridgehead atoms. The normalized spacial score (nSPS) is 13.8. The molecule has 13 heteroatoms. The van der Waals surface area contributed by atoms with E-state index in [1.165, 1.54) is 6.92 Å². The van der Waals surface area contributed by atoms with E-state index in [4.69, 9.17) is 11.5 Å². The third-order valence-electron chi connectivity index (χ3n) is 6.04. The van der Waals surface area contributed by atoms with E-state index < -0.39 is 60.3 Å². The van der Waals surface area contributed by atoms with E-state index in [9.17, 15) is 29.1 Å². The van der Waals surface area contributed by atoms with Gasteiger partial charge < -0.3 is 37.8 Å². The summed E-state index contributed by atoms with van der Waals surface area (Å²) in [5, 5.41) is 20.1. The molecule has 0 radical (unpaired) electrons.